The number of rotatable bonds is 4. The van der Waals surface area contributed by atoms with E-state index in [0.29, 0.717) is 10.9 Å². The van der Waals surface area contributed by atoms with Crippen LogP contribution in [-0.4, -0.2) is 37.5 Å². The molecule has 0 atom stereocenters. The third kappa shape index (κ3) is 3.24. The van der Waals surface area contributed by atoms with Crippen LogP contribution in [0.25, 0.3) is 0 Å². The van der Waals surface area contributed by atoms with Crippen LogP contribution in [0.15, 0.2) is 9.50 Å². The number of hydrogen-bond acceptors (Lipinski definition) is 8. The van der Waals surface area contributed by atoms with E-state index < -0.39 is 5.97 Å². The quantitative estimate of drug-likeness (QED) is 0.797. The van der Waals surface area contributed by atoms with Crippen molar-refractivity contribution in [2.75, 3.05) is 6.61 Å². The first kappa shape index (κ1) is 14.5. The van der Waals surface area contributed by atoms with E-state index in [-0.39, 0.29) is 5.01 Å². The molecule has 7 nitrogen and oxygen atoms in total. The predicted octanol–water partition coefficient (Wildman–Crippen LogP) is 2.18. The number of aromatic nitrogens is 5. The van der Waals surface area contributed by atoms with Crippen LogP contribution in [0.4, 0.5) is 0 Å². The van der Waals surface area contributed by atoms with Crippen LogP contribution in [0, 0.1) is 0 Å². The van der Waals surface area contributed by atoms with Crippen molar-refractivity contribution < 1.29 is 9.53 Å². The van der Waals surface area contributed by atoms with Crippen molar-refractivity contribution in [1.82, 2.24) is 25.0 Å². The van der Waals surface area contributed by atoms with Crippen LogP contribution >= 0.6 is 23.1 Å². The lowest BCUT2D eigenvalue weighted by Crippen LogP contribution is -2.03. The number of ether oxygens (including phenoxy) is 1. The molecule has 0 saturated heterocycles. The van der Waals surface area contributed by atoms with Crippen molar-refractivity contribution in [2.45, 2.75) is 48.6 Å². The van der Waals surface area contributed by atoms with E-state index in [1.54, 1.807) is 6.92 Å². The fourth-order valence-corrected chi connectivity index (χ4v) is 3.86. The van der Waals surface area contributed by atoms with Gasteiger partial charge in [-0.2, -0.15) is 0 Å². The molecule has 3 rings (SSSR count). The fourth-order valence-electron chi connectivity index (χ4n) is 2.14. The molecule has 0 fully saturated rings. The second kappa shape index (κ2) is 6.52. The van der Waals surface area contributed by atoms with Gasteiger partial charge in [0.05, 0.1) is 6.61 Å². The van der Waals surface area contributed by atoms with E-state index in [2.05, 4.69) is 25.0 Å². The van der Waals surface area contributed by atoms with Gasteiger partial charge in [0.2, 0.25) is 5.01 Å². The summed E-state index contributed by atoms with van der Waals surface area (Å²) in [7, 11) is 0. The van der Waals surface area contributed by atoms with Crippen molar-refractivity contribution in [3.8, 4) is 0 Å². The summed E-state index contributed by atoms with van der Waals surface area (Å²) in [5, 5.41) is 17.4. The zero-order chi connectivity index (χ0) is 14.7. The van der Waals surface area contributed by atoms with Gasteiger partial charge in [0.25, 0.3) is 0 Å². The van der Waals surface area contributed by atoms with Crippen molar-refractivity contribution in [2.24, 2.45) is 0 Å². The Hall–Kier alpha value is -1.48. The molecule has 1 aliphatic rings. The van der Waals surface area contributed by atoms with Crippen LogP contribution in [0.1, 0.15) is 41.8 Å². The monoisotopic (exact) mass is 325 g/mol. The zero-order valence-corrected chi connectivity index (χ0v) is 13.2. The lowest BCUT2D eigenvalue weighted by Gasteiger charge is -2.03. The van der Waals surface area contributed by atoms with E-state index in [4.69, 9.17) is 4.74 Å². The highest BCUT2D eigenvalue weighted by Gasteiger charge is 2.19. The Morgan fingerprint density at radius 2 is 2.19 bits per heavy atom. The molecule has 2 aromatic rings. The Morgan fingerprint density at radius 1 is 1.29 bits per heavy atom. The Bertz CT molecular complexity index is 639. The van der Waals surface area contributed by atoms with Gasteiger partial charge >= 0.3 is 5.97 Å². The normalized spacial score (nSPS) is 14.5. The topological polar surface area (TPSA) is 82.8 Å². The van der Waals surface area contributed by atoms with Crippen LogP contribution in [0.3, 0.4) is 0 Å². The summed E-state index contributed by atoms with van der Waals surface area (Å²) >= 11 is 2.62. The maximum atomic E-state index is 11.6. The summed E-state index contributed by atoms with van der Waals surface area (Å²) in [4.78, 5) is 11.6. The first-order valence-electron chi connectivity index (χ1n) is 6.88. The highest BCUT2D eigenvalue weighted by molar-refractivity contribution is 8.00. The third-order valence-electron chi connectivity index (χ3n) is 3.11. The molecule has 112 valence electrons. The number of aryl methyl sites for hydroxylation is 1. The van der Waals surface area contributed by atoms with Crippen LogP contribution in [0.2, 0.25) is 0 Å². The molecule has 3 heterocycles. The van der Waals surface area contributed by atoms with Gasteiger partial charge in [0, 0.05) is 13.0 Å². The summed E-state index contributed by atoms with van der Waals surface area (Å²) in [6, 6.07) is 0. The Balaban J connectivity index is 1.75. The van der Waals surface area contributed by atoms with Gasteiger partial charge in [0.1, 0.15) is 5.82 Å². The lowest BCUT2D eigenvalue weighted by molar-refractivity contribution is 0.0525. The molecular weight excluding hydrogens is 310 g/mol. The molecule has 0 unspecified atom stereocenters. The van der Waals surface area contributed by atoms with Gasteiger partial charge in [0.15, 0.2) is 9.50 Å². The minimum atomic E-state index is -0.429. The average molecular weight is 325 g/mol. The maximum Gasteiger partial charge on any atom is 0.369 e. The van der Waals surface area contributed by atoms with Gasteiger partial charge in [-0.3, -0.25) is 0 Å². The van der Waals surface area contributed by atoms with Gasteiger partial charge in [-0.25, -0.2) is 4.79 Å². The van der Waals surface area contributed by atoms with Gasteiger partial charge < -0.3 is 9.30 Å². The minimum Gasteiger partial charge on any atom is -0.461 e. The second-order valence-electron chi connectivity index (χ2n) is 4.56. The molecule has 2 aromatic heterocycles. The SMILES string of the molecule is CCOC(=O)c1nnc(Sc2nnc3n2CCCCC3)s1. The number of esters is 1. The highest BCUT2D eigenvalue weighted by atomic mass is 32.2. The summed E-state index contributed by atoms with van der Waals surface area (Å²) in [5.74, 6) is 0.604. The van der Waals surface area contributed by atoms with Crippen LogP contribution < -0.4 is 0 Å². The van der Waals surface area contributed by atoms with E-state index in [0.717, 1.165) is 36.8 Å². The molecule has 0 N–H and O–H groups in total. The number of hydrogen-bond donors (Lipinski definition) is 0. The molecule has 0 aromatic carbocycles. The number of nitrogens with zero attached hydrogens (tertiary/aromatic N) is 5. The largest absolute Gasteiger partial charge is 0.461 e. The molecule has 0 spiro atoms. The predicted molar refractivity (Wildman–Crippen MR) is 77.6 cm³/mol. The van der Waals surface area contributed by atoms with Crippen molar-refractivity contribution >= 4 is 29.1 Å². The van der Waals surface area contributed by atoms with Crippen molar-refractivity contribution in [3.63, 3.8) is 0 Å². The molecule has 0 saturated carbocycles. The molecule has 0 bridgehead atoms. The average Bonchev–Trinajstić information content (AvgIpc) is 3.01. The lowest BCUT2D eigenvalue weighted by atomic mass is 10.2. The third-order valence-corrected chi connectivity index (χ3v) is 5.05. The highest BCUT2D eigenvalue weighted by Crippen LogP contribution is 2.30. The molecule has 9 heteroatoms. The van der Waals surface area contributed by atoms with Crippen molar-refractivity contribution in [1.29, 1.82) is 0 Å². The Labute approximate surface area is 130 Å². The summed E-state index contributed by atoms with van der Waals surface area (Å²) in [6.45, 7) is 3.03. The number of carbonyl (C=O) groups excluding carboxylic acids is 1. The smallest absolute Gasteiger partial charge is 0.369 e. The van der Waals surface area contributed by atoms with Crippen molar-refractivity contribution in [3.05, 3.63) is 10.8 Å². The summed E-state index contributed by atoms with van der Waals surface area (Å²) in [6.07, 6.45) is 4.49. The molecular formula is C12H15N5O2S2. The number of fused-ring (bicyclic) bond motifs is 1. The molecule has 0 radical (unpaired) electrons. The molecule has 1 aliphatic heterocycles. The summed E-state index contributed by atoms with van der Waals surface area (Å²) in [5.41, 5.74) is 0. The van der Waals surface area contributed by atoms with E-state index >= 15 is 0 Å². The van der Waals surface area contributed by atoms with Crippen LogP contribution in [-0.2, 0) is 17.7 Å². The first-order valence-corrected chi connectivity index (χ1v) is 8.51. The Kier molecular flexibility index (Phi) is 4.49. The zero-order valence-electron chi connectivity index (χ0n) is 11.6. The van der Waals surface area contributed by atoms with Gasteiger partial charge in [-0.15, -0.1) is 20.4 Å². The molecule has 0 amide bonds. The minimum absolute atomic E-state index is 0.273. The maximum absolute atomic E-state index is 11.6. The van der Waals surface area contributed by atoms with Crippen LogP contribution in [0.5, 0.6) is 0 Å². The second-order valence-corrected chi connectivity index (χ2v) is 6.75. The molecule has 0 aliphatic carbocycles. The number of carbonyl (C=O) groups is 1. The molecule has 21 heavy (non-hydrogen) atoms. The van der Waals surface area contributed by atoms with E-state index in [1.807, 2.05) is 0 Å². The van der Waals surface area contributed by atoms with Gasteiger partial charge in [-0.1, -0.05) is 17.8 Å². The Morgan fingerprint density at radius 3 is 3.05 bits per heavy atom. The van der Waals surface area contributed by atoms with Gasteiger partial charge in [-0.05, 0) is 31.5 Å². The fraction of sp³-hybridized carbons (Fsp3) is 0.583. The standard InChI is InChI=1S/C12H15N5O2S2/c1-2-19-10(18)9-14-16-12(20-9)21-11-15-13-8-6-4-3-5-7-17(8)11/h2-7H2,1H3. The summed E-state index contributed by atoms with van der Waals surface area (Å²) < 4.78 is 7.73. The first-order chi connectivity index (χ1) is 10.3. The van der Waals surface area contributed by atoms with E-state index in [1.165, 1.54) is 29.5 Å². The van der Waals surface area contributed by atoms with E-state index in [9.17, 15) is 4.79 Å².